The van der Waals surface area contributed by atoms with E-state index in [9.17, 15) is 27.6 Å². The molecule has 28 heavy (non-hydrogen) atoms. The predicted molar refractivity (Wildman–Crippen MR) is 96.0 cm³/mol. The number of amides is 2. The van der Waals surface area contributed by atoms with E-state index in [1.807, 2.05) is 0 Å². The molecule has 0 aromatic heterocycles. The van der Waals surface area contributed by atoms with Gasteiger partial charge >= 0.3 is 12.1 Å². The van der Waals surface area contributed by atoms with Crippen molar-refractivity contribution in [1.82, 2.24) is 0 Å². The Balaban J connectivity index is 2.07. The smallest absolute Gasteiger partial charge is 0.418 e. The van der Waals surface area contributed by atoms with Gasteiger partial charge in [-0.05, 0) is 36.8 Å². The van der Waals surface area contributed by atoms with Crippen molar-refractivity contribution in [3.05, 3.63) is 59.7 Å². The molecule has 0 fully saturated rings. The lowest BCUT2D eigenvalue weighted by molar-refractivity contribution is -0.138. The highest BCUT2D eigenvalue weighted by Gasteiger charge is 2.33. The number of rotatable bonds is 7. The Morgan fingerprint density at radius 2 is 1.64 bits per heavy atom. The Morgan fingerprint density at radius 3 is 2.32 bits per heavy atom. The summed E-state index contributed by atoms with van der Waals surface area (Å²) in [5, 5.41) is 13.3. The molecular weight excluding hydrogens is 377 g/mol. The fourth-order valence-corrected chi connectivity index (χ4v) is 2.40. The van der Waals surface area contributed by atoms with Gasteiger partial charge in [0.25, 0.3) is 5.91 Å². The second-order valence-corrected chi connectivity index (χ2v) is 5.87. The summed E-state index contributed by atoms with van der Waals surface area (Å²) in [5.74, 6) is -2.20. The normalized spacial score (nSPS) is 11.0. The highest BCUT2D eigenvalue weighted by Crippen LogP contribution is 2.34. The van der Waals surface area contributed by atoms with Gasteiger partial charge in [0.2, 0.25) is 5.91 Å². The molecule has 0 aliphatic rings. The molecule has 0 aliphatic heterocycles. The first kappa shape index (κ1) is 20.9. The van der Waals surface area contributed by atoms with Crippen LogP contribution in [0.1, 0.15) is 35.2 Å². The summed E-state index contributed by atoms with van der Waals surface area (Å²) in [7, 11) is 0. The van der Waals surface area contributed by atoms with Crippen molar-refractivity contribution in [3.8, 4) is 0 Å². The number of halogens is 3. The lowest BCUT2D eigenvalue weighted by atomic mass is 10.1. The van der Waals surface area contributed by atoms with Gasteiger partial charge in [-0.25, -0.2) is 0 Å². The minimum Gasteiger partial charge on any atom is -0.481 e. The van der Waals surface area contributed by atoms with Crippen molar-refractivity contribution in [2.75, 3.05) is 10.6 Å². The Bertz CT molecular complexity index is 881. The van der Waals surface area contributed by atoms with Crippen LogP contribution in [0.4, 0.5) is 24.5 Å². The van der Waals surface area contributed by atoms with Crippen molar-refractivity contribution < 1.29 is 32.7 Å². The molecule has 2 aromatic rings. The number of hydrogen-bond acceptors (Lipinski definition) is 3. The zero-order valence-corrected chi connectivity index (χ0v) is 14.5. The van der Waals surface area contributed by atoms with Crippen LogP contribution in [-0.2, 0) is 15.8 Å². The highest BCUT2D eigenvalue weighted by molar-refractivity contribution is 6.05. The average Bonchev–Trinajstić information content (AvgIpc) is 2.61. The van der Waals surface area contributed by atoms with Gasteiger partial charge in [-0.1, -0.05) is 18.2 Å². The summed E-state index contributed by atoms with van der Waals surface area (Å²) < 4.78 is 39.1. The largest absolute Gasteiger partial charge is 0.481 e. The van der Waals surface area contributed by atoms with Gasteiger partial charge in [0.05, 0.1) is 11.3 Å². The van der Waals surface area contributed by atoms with E-state index in [-0.39, 0.29) is 36.2 Å². The Labute approximate surface area is 158 Å². The van der Waals surface area contributed by atoms with Crippen LogP contribution in [0.5, 0.6) is 0 Å². The number of alkyl halides is 3. The van der Waals surface area contributed by atoms with Crippen LogP contribution in [-0.4, -0.2) is 22.9 Å². The van der Waals surface area contributed by atoms with Crippen LogP contribution >= 0.6 is 0 Å². The van der Waals surface area contributed by atoms with E-state index in [0.29, 0.717) is 0 Å². The fourth-order valence-electron chi connectivity index (χ4n) is 2.40. The number of anilines is 2. The predicted octanol–water partition coefficient (Wildman–Crippen LogP) is 4.15. The minimum absolute atomic E-state index is 0.0122. The Kier molecular flexibility index (Phi) is 6.75. The molecule has 0 bridgehead atoms. The molecule has 148 valence electrons. The van der Waals surface area contributed by atoms with Crippen molar-refractivity contribution in [2.24, 2.45) is 0 Å². The minimum atomic E-state index is -4.62. The monoisotopic (exact) mass is 394 g/mol. The summed E-state index contributed by atoms with van der Waals surface area (Å²) in [6.07, 6.45) is -4.61. The molecule has 0 heterocycles. The fraction of sp³-hybridized carbons (Fsp3) is 0.211. The number of carbonyl (C=O) groups excluding carboxylic acids is 2. The van der Waals surface area contributed by atoms with Gasteiger partial charge in [-0.2, -0.15) is 13.2 Å². The number of hydrogen-bond donors (Lipinski definition) is 3. The van der Waals surface area contributed by atoms with Gasteiger partial charge in [0.1, 0.15) is 0 Å². The molecule has 2 aromatic carbocycles. The van der Waals surface area contributed by atoms with Gasteiger partial charge in [0, 0.05) is 24.1 Å². The lowest BCUT2D eigenvalue weighted by Gasteiger charge is -2.14. The van der Waals surface area contributed by atoms with Gasteiger partial charge in [-0.3, -0.25) is 14.4 Å². The zero-order valence-electron chi connectivity index (χ0n) is 14.5. The van der Waals surface area contributed by atoms with Crippen LogP contribution in [0.15, 0.2) is 48.5 Å². The van der Waals surface area contributed by atoms with Crippen LogP contribution < -0.4 is 10.6 Å². The SMILES string of the molecule is O=C(O)CCCC(=O)Nc1cccc(C(=O)Nc2ccccc2C(F)(F)F)c1. The van der Waals surface area contributed by atoms with Gasteiger partial charge in [-0.15, -0.1) is 0 Å². The first-order chi connectivity index (χ1) is 13.2. The van der Waals surface area contributed by atoms with E-state index < -0.39 is 29.5 Å². The molecular formula is C19H17F3N2O4. The standard InChI is InChI=1S/C19H17F3N2O4/c20-19(21,22)14-7-1-2-8-15(14)24-18(28)12-5-3-6-13(11-12)23-16(25)9-4-10-17(26)27/h1-3,5-8,11H,4,9-10H2,(H,23,25)(H,24,28)(H,26,27). The third-order valence-electron chi connectivity index (χ3n) is 3.68. The van der Waals surface area contributed by atoms with E-state index in [1.54, 1.807) is 0 Å². The number of aliphatic carboxylic acids is 1. The second kappa shape index (κ2) is 9.03. The Hall–Kier alpha value is -3.36. The molecule has 0 saturated carbocycles. The molecule has 3 N–H and O–H groups in total. The van der Waals surface area contributed by atoms with Crippen LogP contribution in [0.25, 0.3) is 0 Å². The number of benzene rings is 2. The van der Waals surface area contributed by atoms with E-state index in [4.69, 9.17) is 5.11 Å². The summed E-state index contributed by atoms with van der Waals surface area (Å²) >= 11 is 0. The number of para-hydroxylation sites is 1. The molecule has 0 saturated heterocycles. The Morgan fingerprint density at radius 1 is 0.929 bits per heavy atom. The van der Waals surface area contributed by atoms with Gasteiger partial charge < -0.3 is 15.7 Å². The molecule has 6 nitrogen and oxygen atoms in total. The van der Waals surface area contributed by atoms with Crippen LogP contribution in [0, 0.1) is 0 Å². The van der Waals surface area contributed by atoms with Crippen molar-refractivity contribution in [2.45, 2.75) is 25.4 Å². The average molecular weight is 394 g/mol. The molecule has 0 unspecified atom stereocenters. The van der Waals surface area contributed by atoms with E-state index in [2.05, 4.69) is 10.6 Å². The molecule has 0 spiro atoms. The maximum absolute atomic E-state index is 13.0. The highest BCUT2D eigenvalue weighted by atomic mass is 19.4. The maximum Gasteiger partial charge on any atom is 0.418 e. The topological polar surface area (TPSA) is 95.5 Å². The number of nitrogens with one attached hydrogen (secondary N) is 2. The van der Waals surface area contributed by atoms with Crippen molar-refractivity contribution in [1.29, 1.82) is 0 Å². The number of carboxylic acid groups (broad SMARTS) is 1. The molecule has 2 amide bonds. The van der Waals surface area contributed by atoms with Crippen molar-refractivity contribution >= 4 is 29.2 Å². The van der Waals surface area contributed by atoms with E-state index >= 15 is 0 Å². The summed E-state index contributed by atoms with van der Waals surface area (Å²) in [4.78, 5) is 34.6. The zero-order chi connectivity index (χ0) is 20.7. The van der Waals surface area contributed by atoms with Crippen LogP contribution in [0.2, 0.25) is 0 Å². The maximum atomic E-state index is 13.0. The third-order valence-corrected chi connectivity index (χ3v) is 3.68. The molecule has 9 heteroatoms. The van der Waals surface area contributed by atoms with E-state index in [0.717, 1.165) is 12.1 Å². The summed E-state index contributed by atoms with van der Waals surface area (Å²) in [5.41, 5.74) is -1.01. The van der Waals surface area contributed by atoms with Gasteiger partial charge in [0.15, 0.2) is 0 Å². The first-order valence-corrected chi connectivity index (χ1v) is 8.26. The lowest BCUT2D eigenvalue weighted by Crippen LogP contribution is -2.17. The molecule has 0 radical (unpaired) electrons. The first-order valence-electron chi connectivity index (χ1n) is 8.26. The number of carbonyl (C=O) groups is 3. The molecule has 2 rings (SSSR count). The summed E-state index contributed by atoms with van der Waals surface area (Å²) in [6, 6.07) is 10.3. The third kappa shape index (κ3) is 6.11. The van der Waals surface area contributed by atoms with E-state index in [1.165, 1.54) is 36.4 Å². The molecule has 0 aliphatic carbocycles. The summed E-state index contributed by atoms with van der Waals surface area (Å²) in [6.45, 7) is 0. The second-order valence-electron chi connectivity index (χ2n) is 5.87. The van der Waals surface area contributed by atoms with Crippen LogP contribution in [0.3, 0.4) is 0 Å². The molecule has 0 atom stereocenters. The quantitative estimate of drug-likeness (QED) is 0.657. The number of carboxylic acids is 1. The van der Waals surface area contributed by atoms with Crippen molar-refractivity contribution in [3.63, 3.8) is 0 Å².